The van der Waals surface area contributed by atoms with Gasteiger partial charge in [0.1, 0.15) is 18.0 Å². The van der Waals surface area contributed by atoms with Gasteiger partial charge < -0.3 is 27.0 Å². The van der Waals surface area contributed by atoms with Crippen LogP contribution in [0.2, 0.25) is 0 Å². The van der Waals surface area contributed by atoms with Gasteiger partial charge in [-0.05, 0) is 27.7 Å². The molecule has 0 aliphatic heterocycles. The van der Waals surface area contributed by atoms with E-state index in [2.05, 4.69) is 27.7 Å². The van der Waals surface area contributed by atoms with E-state index < -0.39 is 5.60 Å². The number of nitrogens with zero attached hydrogens (tertiary/aromatic N) is 2. The zero-order valence-electron chi connectivity index (χ0n) is 12.1. The quantitative estimate of drug-likeness (QED) is 0.538. The molecule has 19 heavy (non-hydrogen) atoms. The number of carbonyl (C=O) groups excluding carboxylic acids is 1. The summed E-state index contributed by atoms with van der Waals surface area (Å²) in [6.07, 6.45) is 6.68. The second-order valence-corrected chi connectivity index (χ2v) is 5.26. The highest BCUT2D eigenvalue weighted by Crippen LogP contribution is 2.06. The van der Waals surface area contributed by atoms with Gasteiger partial charge in [0, 0.05) is 13.0 Å². The van der Waals surface area contributed by atoms with E-state index in [1.807, 2.05) is 33.2 Å². The lowest BCUT2D eigenvalue weighted by Gasteiger charge is -2.19. The van der Waals surface area contributed by atoms with Crippen molar-refractivity contribution in [2.45, 2.75) is 52.8 Å². The minimum Gasteiger partial charge on any atom is -1.00 e. The van der Waals surface area contributed by atoms with Crippen LogP contribution in [0.3, 0.4) is 0 Å². The fourth-order valence-electron chi connectivity index (χ4n) is 1.52. The molecule has 0 saturated carbocycles. The van der Waals surface area contributed by atoms with Crippen molar-refractivity contribution in [1.82, 2.24) is 9.88 Å². The molecule has 0 aliphatic rings. The van der Waals surface area contributed by atoms with Gasteiger partial charge >= 0.3 is 6.09 Å². The molecule has 0 radical (unpaired) electrons. The summed E-state index contributed by atoms with van der Waals surface area (Å²) in [6, 6.07) is 0. The van der Waals surface area contributed by atoms with E-state index in [9.17, 15) is 4.79 Å². The van der Waals surface area contributed by atoms with Crippen molar-refractivity contribution in [3.63, 3.8) is 0 Å². The summed E-state index contributed by atoms with van der Waals surface area (Å²) in [5.41, 5.74) is -0.433. The second kappa shape index (κ2) is 8.19. The number of ether oxygens (including phenoxy) is 1. The highest BCUT2D eigenvalue weighted by molar-refractivity contribution is 5.67. The first-order valence-corrected chi connectivity index (χ1v) is 6.42. The molecule has 0 fully saturated rings. The highest BCUT2D eigenvalue weighted by Gasteiger charge is 2.15. The number of imidazole rings is 1. The summed E-state index contributed by atoms with van der Waals surface area (Å²) in [7, 11) is 0. The maximum absolute atomic E-state index is 11.4. The van der Waals surface area contributed by atoms with Gasteiger partial charge in [0.25, 0.3) is 0 Å². The largest absolute Gasteiger partial charge is 1.00 e. The van der Waals surface area contributed by atoms with Gasteiger partial charge in [-0.2, -0.15) is 0 Å². The third-order valence-electron chi connectivity index (χ3n) is 2.37. The van der Waals surface area contributed by atoms with E-state index in [1.54, 1.807) is 0 Å². The Hall–Kier alpha value is -1.04. The Kier molecular flexibility index (Phi) is 7.75. The first-order valence-electron chi connectivity index (χ1n) is 6.42. The first kappa shape index (κ1) is 18.0. The average molecular weight is 334 g/mol. The SMILES string of the molecule is CCn1cc[n+](CCCNC(=O)OC(C)(C)C)c1.[Br-]. The van der Waals surface area contributed by atoms with E-state index in [4.69, 9.17) is 4.74 Å². The molecule has 0 bridgehead atoms. The second-order valence-electron chi connectivity index (χ2n) is 5.26. The van der Waals surface area contributed by atoms with Crippen molar-refractivity contribution in [3.8, 4) is 0 Å². The van der Waals surface area contributed by atoms with Crippen LogP contribution in [0.1, 0.15) is 34.1 Å². The number of aromatic nitrogens is 2. The standard InChI is InChI=1S/C13H23N3O2.BrH/c1-5-15-9-10-16(11-15)8-6-7-14-12(17)18-13(2,3)4;/h9-11H,5-8H2,1-4H3;1H. The van der Waals surface area contributed by atoms with E-state index in [0.29, 0.717) is 6.54 Å². The van der Waals surface area contributed by atoms with Crippen LogP contribution in [0, 0.1) is 0 Å². The molecule has 1 amide bonds. The molecule has 0 spiro atoms. The van der Waals surface area contributed by atoms with Crippen molar-refractivity contribution in [3.05, 3.63) is 18.7 Å². The van der Waals surface area contributed by atoms with Crippen LogP contribution in [0.25, 0.3) is 0 Å². The van der Waals surface area contributed by atoms with E-state index in [0.717, 1.165) is 19.5 Å². The zero-order valence-corrected chi connectivity index (χ0v) is 13.7. The lowest BCUT2D eigenvalue weighted by Crippen LogP contribution is -3.00. The van der Waals surface area contributed by atoms with Gasteiger partial charge in [0.15, 0.2) is 0 Å². The summed E-state index contributed by atoms with van der Waals surface area (Å²) < 4.78 is 9.37. The lowest BCUT2D eigenvalue weighted by atomic mass is 10.2. The number of hydrogen-bond donors (Lipinski definition) is 1. The van der Waals surface area contributed by atoms with Crippen LogP contribution in [-0.2, 0) is 17.8 Å². The maximum Gasteiger partial charge on any atom is 0.407 e. The fraction of sp³-hybridized carbons (Fsp3) is 0.692. The van der Waals surface area contributed by atoms with Crippen molar-refractivity contribution in [1.29, 1.82) is 0 Å². The zero-order chi connectivity index (χ0) is 13.6. The van der Waals surface area contributed by atoms with Crippen LogP contribution < -0.4 is 26.9 Å². The van der Waals surface area contributed by atoms with E-state index in [1.165, 1.54) is 0 Å². The first-order chi connectivity index (χ1) is 8.40. The predicted molar refractivity (Wildman–Crippen MR) is 69.2 cm³/mol. The van der Waals surface area contributed by atoms with Crippen LogP contribution in [0.4, 0.5) is 4.79 Å². The Labute approximate surface area is 125 Å². The third kappa shape index (κ3) is 7.87. The summed E-state index contributed by atoms with van der Waals surface area (Å²) >= 11 is 0. The van der Waals surface area contributed by atoms with Crippen molar-refractivity contribution in [2.24, 2.45) is 0 Å². The molecule has 1 N–H and O–H groups in total. The number of nitrogens with one attached hydrogen (secondary N) is 1. The topological polar surface area (TPSA) is 47.1 Å². The molecule has 0 atom stereocenters. The summed E-state index contributed by atoms with van der Waals surface area (Å²) in [6.45, 7) is 10.2. The minimum absolute atomic E-state index is 0. The van der Waals surface area contributed by atoms with Crippen LogP contribution in [-0.4, -0.2) is 22.8 Å². The molecule has 0 unspecified atom stereocenters. The summed E-state index contributed by atoms with van der Waals surface area (Å²) in [5, 5.41) is 2.75. The molecule has 6 heteroatoms. The Morgan fingerprint density at radius 1 is 1.42 bits per heavy atom. The van der Waals surface area contributed by atoms with Crippen molar-refractivity contribution < 1.29 is 31.1 Å². The van der Waals surface area contributed by atoms with Crippen LogP contribution >= 0.6 is 0 Å². The van der Waals surface area contributed by atoms with Gasteiger partial charge in [0.05, 0.1) is 13.1 Å². The Morgan fingerprint density at radius 3 is 2.63 bits per heavy atom. The van der Waals surface area contributed by atoms with Crippen LogP contribution in [0.15, 0.2) is 18.7 Å². The van der Waals surface area contributed by atoms with Gasteiger partial charge in [0.2, 0.25) is 6.33 Å². The third-order valence-corrected chi connectivity index (χ3v) is 2.37. The maximum atomic E-state index is 11.4. The number of hydrogen-bond acceptors (Lipinski definition) is 2. The number of halogens is 1. The highest BCUT2D eigenvalue weighted by atomic mass is 79.9. The molecule has 110 valence electrons. The average Bonchev–Trinajstić information content (AvgIpc) is 2.70. The van der Waals surface area contributed by atoms with Crippen molar-refractivity contribution in [2.75, 3.05) is 6.54 Å². The summed E-state index contributed by atoms with van der Waals surface area (Å²) in [4.78, 5) is 11.4. The molecule has 1 aromatic rings. The Morgan fingerprint density at radius 2 is 2.11 bits per heavy atom. The van der Waals surface area contributed by atoms with Gasteiger partial charge in [-0.25, -0.2) is 13.9 Å². The van der Waals surface area contributed by atoms with Crippen LogP contribution in [0.5, 0.6) is 0 Å². The fourth-order valence-corrected chi connectivity index (χ4v) is 1.52. The number of aryl methyl sites for hydroxylation is 2. The molecular weight excluding hydrogens is 310 g/mol. The predicted octanol–water partition coefficient (Wildman–Crippen LogP) is -1.29. The Balaban J connectivity index is 0.00000324. The number of amides is 1. The molecule has 1 heterocycles. The normalized spacial score (nSPS) is 10.7. The molecule has 1 rings (SSSR count). The molecular formula is C13H24BrN3O2. The van der Waals surface area contributed by atoms with Crippen molar-refractivity contribution >= 4 is 6.09 Å². The van der Waals surface area contributed by atoms with Gasteiger partial charge in [-0.15, -0.1) is 0 Å². The van der Waals surface area contributed by atoms with E-state index >= 15 is 0 Å². The van der Waals surface area contributed by atoms with Gasteiger partial charge in [-0.1, -0.05) is 0 Å². The molecule has 0 aliphatic carbocycles. The minimum atomic E-state index is -0.433. The van der Waals surface area contributed by atoms with E-state index in [-0.39, 0.29) is 23.1 Å². The van der Waals surface area contributed by atoms with Gasteiger partial charge in [-0.3, -0.25) is 0 Å². The lowest BCUT2D eigenvalue weighted by molar-refractivity contribution is -0.696. The smallest absolute Gasteiger partial charge is 0.407 e. The number of alkyl carbamates (subject to hydrolysis) is 1. The molecule has 0 saturated heterocycles. The number of carbonyl (C=O) groups is 1. The Bertz CT molecular complexity index is 385. The monoisotopic (exact) mass is 333 g/mol. The number of rotatable bonds is 5. The molecule has 0 aromatic carbocycles. The summed E-state index contributed by atoms with van der Waals surface area (Å²) in [5.74, 6) is 0. The molecule has 5 nitrogen and oxygen atoms in total. The molecule has 1 aromatic heterocycles.